The number of halogens is 2. The third kappa shape index (κ3) is 8.15. The van der Waals surface area contributed by atoms with Gasteiger partial charge >= 0.3 is 12.1 Å². The maximum absolute atomic E-state index is 14.2. The molecule has 35 heavy (non-hydrogen) atoms. The van der Waals surface area contributed by atoms with Gasteiger partial charge in [-0.3, -0.25) is 5.32 Å². The molecule has 0 spiro atoms. The zero-order chi connectivity index (χ0) is 25.2. The maximum Gasteiger partial charge on any atom is 0.412 e. The average molecular weight is 544 g/mol. The quantitative estimate of drug-likeness (QED) is 0.254. The van der Waals surface area contributed by atoms with E-state index in [1.54, 1.807) is 48.5 Å². The van der Waals surface area contributed by atoms with Crippen molar-refractivity contribution in [2.24, 2.45) is 0 Å². The summed E-state index contributed by atoms with van der Waals surface area (Å²) in [6, 6.07) is 19.3. The third-order valence-corrected chi connectivity index (χ3v) is 5.40. The summed E-state index contributed by atoms with van der Waals surface area (Å²) in [4.78, 5) is 23.6. The van der Waals surface area contributed by atoms with Crippen molar-refractivity contribution in [2.75, 3.05) is 5.32 Å². The highest BCUT2D eigenvalue weighted by atomic mass is 79.9. The lowest BCUT2D eigenvalue weighted by Crippen LogP contribution is -2.31. The van der Waals surface area contributed by atoms with Gasteiger partial charge in [-0.15, -0.1) is 0 Å². The first-order valence-electron chi connectivity index (χ1n) is 10.6. The monoisotopic (exact) mass is 543 g/mol. The molecule has 0 aliphatic carbocycles. The van der Waals surface area contributed by atoms with Gasteiger partial charge in [-0.25, -0.2) is 14.0 Å². The van der Waals surface area contributed by atoms with E-state index >= 15 is 0 Å². The van der Waals surface area contributed by atoms with Crippen LogP contribution in [-0.4, -0.2) is 28.4 Å². The molecule has 0 bridgehead atoms. The van der Waals surface area contributed by atoms with Crippen LogP contribution >= 0.6 is 15.9 Å². The number of carboxylic acid groups (broad SMARTS) is 1. The second-order valence-corrected chi connectivity index (χ2v) is 8.37. The molecule has 7 nitrogen and oxygen atoms in total. The first-order chi connectivity index (χ1) is 16.8. The molecule has 9 heteroatoms. The number of hydrogen-bond donors (Lipinski definition) is 3. The standard InChI is InChI=1S/C26H23BrFNO6/c27-18-11-13-19(14-12-18)29-26(33)35-25(17-10-15-22(30)21(28)16-17)23(8-4-5-9-24(31)32)34-20-6-2-1-3-7-20/h1-3,5-7,9-16,23,25,30H,4,8H2,(H,29,33)(H,31,32)/b9-5+/t23-,25-/m0/s1. The first-order valence-corrected chi connectivity index (χ1v) is 11.4. The van der Waals surface area contributed by atoms with Crippen LogP contribution in [0.25, 0.3) is 0 Å². The number of carbonyl (C=O) groups is 2. The van der Waals surface area contributed by atoms with Crippen LogP contribution in [0.15, 0.2) is 89.4 Å². The largest absolute Gasteiger partial charge is 0.505 e. The Morgan fingerprint density at radius 1 is 1.06 bits per heavy atom. The number of phenolic OH excluding ortho intramolecular Hbond substituents is 1. The van der Waals surface area contributed by atoms with Gasteiger partial charge in [0.25, 0.3) is 0 Å². The summed E-state index contributed by atoms with van der Waals surface area (Å²) in [6.07, 6.45) is 0.314. The molecule has 2 atom stereocenters. The molecule has 0 fully saturated rings. The van der Waals surface area contributed by atoms with Crippen molar-refractivity contribution in [3.05, 3.63) is 101 Å². The Bertz CT molecular complexity index is 1170. The molecule has 0 unspecified atom stereocenters. The second-order valence-electron chi connectivity index (χ2n) is 7.46. The molecule has 3 rings (SSSR count). The molecule has 0 saturated carbocycles. The molecule has 0 aliphatic heterocycles. The molecule has 3 aromatic carbocycles. The van der Waals surface area contributed by atoms with Crippen LogP contribution in [-0.2, 0) is 9.53 Å². The Labute approximate surface area is 209 Å². The summed E-state index contributed by atoms with van der Waals surface area (Å²) in [5.41, 5.74) is 0.744. The highest BCUT2D eigenvalue weighted by molar-refractivity contribution is 9.10. The zero-order valence-electron chi connectivity index (χ0n) is 18.4. The van der Waals surface area contributed by atoms with Crippen molar-refractivity contribution >= 4 is 33.7 Å². The summed E-state index contributed by atoms with van der Waals surface area (Å²) < 4.78 is 26.9. The minimum absolute atomic E-state index is 0.247. The van der Waals surface area contributed by atoms with Gasteiger partial charge in [0.05, 0.1) is 0 Å². The van der Waals surface area contributed by atoms with E-state index in [0.717, 1.165) is 22.7 Å². The number of amides is 1. The minimum atomic E-state index is -1.09. The number of rotatable bonds is 10. The summed E-state index contributed by atoms with van der Waals surface area (Å²) in [5.74, 6) is -2.03. The van der Waals surface area contributed by atoms with Crippen molar-refractivity contribution in [3.63, 3.8) is 0 Å². The predicted octanol–water partition coefficient (Wildman–Crippen LogP) is 6.45. The van der Waals surface area contributed by atoms with Gasteiger partial charge < -0.3 is 19.7 Å². The number of allylic oxidation sites excluding steroid dienone is 1. The maximum atomic E-state index is 14.2. The van der Waals surface area contributed by atoms with Gasteiger partial charge in [0.2, 0.25) is 0 Å². The molecule has 0 saturated heterocycles. The van der Waals surface area contributed by atoms with E-state index in [4.69, 9.17) is 14.6 Å². The van der Waals surface area contributed by atoms with Crippen molar-refractivity contribution < 1.29 is 33.7 Å². The fourth-order valence-electron chi connectivity index (χ4n) is 3.25. The lowest BCUT2D eigenvalue weighted by molar-refractivity contribution is -0.131. The average Bonchev–Trinajstić information content (AvgIpc) is 2.83. The fraction of sp³-hybridized carbons (Fsp3) is 0.154. The number of carboxylic acids is 1. The van der Waals surface area contributed by atoms with Crippen molar-refractivity contribution in [2.45, 2.75) is 25.0 Å². The molecule has 0 heterocycles. The van der Waals surface area contributed by atoms with Crippen LogP contribution < -0.4 is 10.1 Å². The number of para-hydroxylation sites is 1. The van der Waals surface area contributed by atoms with Crippen LogP contribution in [0.4, 0.5) is 14.9 Å². The van der Waals surface area contributed by atoms with E-state index in [0.29, 0.717) is 17.9 Å². The molecular formula is C26H23BrFNO6. The first kappa shape index (κ1) is 25.8. The molecule has 0 aromatic heterocycles. The number of hydrogen-bond acceptors (Lipinski definition) is 5. The van der Waals surface area contributed by atoms with E-state index in [1.165, 1.54) is 12.1 Å². The molecule has 182 valence electrons. The van der Waals surface area contributed by atoms with Gasteiger partial charge in [-0.05, 0) is 66.9 Å². The SMILES string of the molecule is O=C(O)/C=C/CC[C@H](Oc1ccccc1)[C@@H](OC(=O)Nc1ccc(Br)cc1)c1ccc(O)c(F)c1. The van der Waals surface area contributed by atoms with Gasteiger partial charge in [0.15, 0.2) is 17.7 Å². The lowest BCUT2D eigenvalue weighted by Gasteiger charge is -2.28. The zero-order valence-corrected chi connectivity index (χ0v) is 20.0. The summed E-state index contributed by atoms with van der Waals surface area (Å²) in [5, 5.41) is 21.1. The molecular weight excluding hydrogens is 521 g/mol. The Morgan fingerprint density at radius 3 is 2.43 bits per heavy atom. The van der Waals surface area contributed by atoms with Gasteiger partial charge in [-0.2, -0.15) is 0 Å². The fourth-order valence-corrected chi connectivity index (χ4v) is 3.51. The Balaban J connectivity index is 1.90. The summed E-state index contributed by atoms with van der Waals surface area (Å²) in [7, 11) is 0. The van der Waals surface area contributed by atoms with E-state index in [9.17, 15) is 19.1 Å². The molecule has 0 aliphatic rings. The number of ether oxygens (including phenoxy) is 2. The highest BCUT2D eigenvalue weighted by Crippen LogP contribution is 2.31. The molecule has 0 radical (unpaired) electrons. The Morgan fingerprint density at radius 2 is 1.77 bits per heavy atom. The number of benzene rings is 3. The van der Waals surface area contributed by atoms with Gasteiger partial charge in [-0.1, -0.05) is 46.3 Å². The van der Waals surface area contributed by atoms with E-state index in [2.05, 4.69) is 21.2 Å². The smallest absolute Gasteiger partial charge is 0.412 e. The third-order valence-electron chi connectivity index (χ3n) is 4.87. The number of aromatic hydroxyl groups is 1. The van der Waals surface area contributed by atoms with Crippen LogP contribution in [0.1, 0.15) is 24.5 Å². The molecule has 3 N–H and O–H groups in total. The van der Waals surface area contributed by atoms with Gasteiger partial charge in [0.1, 0.15) is 11.9 Å². The predicted molar refractivity (Wildman–Crippen MR) is 132 cm³/mol. The normalized spacial score (nSPS) is 12.6. The van der Waals surface area contributed by atoms with Crippen molar-refractivity contribution in [1.82, 2.24) is 0 Å². The number of carbonyl (C=O) groups excluding carboxylic acids is 1. The minimum Gasteiger partial charge on any atom is -0.505 e. The molecule has 3 aromatic rings. The van der Waals surface area contributed by atoms with E-state index < -0.39 is 35.8 Å². The lowest BCUT2D eigenvalue weighted by atomic mass is 9.99. The number of aliphatic carboxylic acids is 1. The van der Waals surface area contributed by atoms with Crippen LogP contribution in [0.5, 0.6) is 11.5 Å². The van der Waals surface area contributed by atoms with Crippen LogP contribution in [0.2, 0.25) is 0 Å². The Hall–Kier alpha value is -3.85. The number of nitrogens with one attached hydrogen (secondary N) is 1. The molecule has 1 amide bonds. The van der Waals surface area contributed by atoms with E-state index in [1.807, 2.05) is 6.07 Å². The van der Waals surface area contributed by atoms with E-state index in [-0.39, 0.29) is 12.0 Å². The number of anilines is 1. The highest BCUT2D eigenvalue weighted by Gasteiger charge is 2.30. The topological polar surface area (TPSA) is 105 Å². The summed E-state index contributed by atoms with van der Waals surface area (Å²) in [6.45, 7) is 0. The van der Waals surface area contributed by atoms with Crippen molar-refractivity contribution in [1.29, 1.82) is 0 Å². The van der Waals surface area contributed by atoms with Gasteiger partial charge in [0, 0.05) is 16.2 Å². The summed E-state index contributed by atoms with van der Waals surface area (Å²) >= 11 is 3.33. The van der Waals surface area contributed by atoms with Crippen LogP contribution in [0, 0.1) is 5.82 Å². The Kier molecular flexibility index (Phi) is 9.25. The number of phenols is 1. The van der Waals surface area contributed by atoms with Crippen molar-refractivity contribution in [3.8, 4) is 11.5 Å². The van der Waals surface area contributed by atoms with Crippen LogP contribution in [0.3, 0.4) is 0 Å². The second kappa shape index (κ2) is 12.6.